The normalized spacial score (nSPS) is 20.3. The van der Waals surface area contributed by atoms with Gasteiger partial charge in [-0.1, -0.05) is 151 Å². The Kier molecular flexibility index (Phi) is 2.32. The summed E-state index contributed by atoms with van der Waals surface area (Å²) in [6.45, 7) is 0. The molecular formula is C44H28O. The molecule has 1 nitrogen and oxygen atoms in total. The maximum atomic E-state index is 9.63. The predicted molar refractivity (Wildman–Crippen MR) is 190 cm³/mol. The molecule has 0 fully saturated rings. The molecule has 8 aromatic carbocycles. The highest BCUT2D eigenvalue weighted by Crippen LogP contribution is 2.45. The van der Waals surface area contributed by atoms with Crippen molar-refractivity contribution in [3.63, 3.8) is 0 Å². The molecule has 0 aliphatic heterocycles. The molecule has 45 heavy (non-hydrogen) atoms. The summed E-state index contributed by atoms with van der Waals surface area (Å²) >= 11 is 0. The standard InChI is InChI=1S/C44H28O/c1-2-12-29(13-3-1)33-14-4-5-15-34(33)30-22-24-31(25-23-30)43-36-17-6-8-19-38(36)44(39-20-9-7-18-37(39)43)32-26-27-42-40(28-32)35-16-10-11-21-41(35)45-42/h1-28H/i1D,2D,3D,4D,5D,6D,7D,8D,9D,10D,11D,12D,13D,14D,15D,16D,17D,18D,19D,20D,21D,22D,23D,24D,25D,26D,27D,28D. The van der Waals surface area contributed by atoms with Crippen molar-refractivity contribution < 1.29 is 42.8 Å². The van der Waals surface area contributed by atoms with Gasteiger partial charge in [0.05, 0.1) is 38.4 Å². The first-order valence-corrected chi connectivity index (χ1v) is 13.2. The van der Waals surface area contributed by atoms with Gasteiger partial charge >= 0.3 is 0 Å². The predicted octanol–water partition coefficient (Wildman–Crippen LogP) is 12.6. The van der Waals surface area contributed by atoms with Crippen LogP contribution in [0.5, 0.6) is 0 Å². The fraction of sp³-hybridized carbons (Fsp3) is 0. The average Bonchev–Trinajstić information content (AvgIpc) is 3.78. The van der Waals surface area contributed by atoms with Crippen LogP contribution in [0.3, 0.4) is 0 Å². The van der Waals surface area contributed by atoms with Crippen LogP contribution >= 0.6 is 0 Å². The average molecular weight is 601 g/mol. The van der Waals surface area contributed by atoms with Crippen LogP contribution < -0.4 is 0 Å². The van der Waals surface area contributed by atoms with Crippen LogP contribution in [0.1, 0.15) is 38.4 Å². The summed E-state index contributed by atoms with van der Waals surface area (Å²) in [6.07, 6.45) is 0. The van der Waals surface area contributed by atoms with E-state index in [-0.39, 0.29) is 0 Å². The number of para-hydroxylation sites is 1. The Morgan fingerprint density at radius 3 is 1.36 bits per heavy atom. The highest BCUT2D eigenvalue weighted by atomic mass is 16.3. The summed E-state index contributed by atoms with van der Waals surface area (Å²) in [5, 5.41) is -3.93. The fourth-order valence-electron chi connectivity index (χ4n) is 5.18. The molecule has 0 aliphatic rings. The minimum absolute atomic E-state index is 0.434. The van der Waals surface area contributed by atoms with Gasteiger partial charge in [0, 0.05) is 10.8 Å². The van der Waals surface area contributed by atoms with Crippen molar-refractivity contribution in [3.8, 4) is 44.5 Å². The summed E-state index contributed by atoms with van der Waals surface area (Å²) in [4.78, 5) is 0. The largest absolute Gasteiger partial charge is 0.456 e. The second-order valence-corrected chi connectivity index (χ2v) is 9.51. The Labute approximate surface area is 301 Å². The second-order valence-electron chi connectivity index (χ2n) is 9.51. The molecule has 0 bridgehead atoms. The Morgan fingerprint density at radius 2 is 0.733 bits per heavy atom. The molecule has 0 spiro atoms. The quantitative estimate of drug-likeness (QED) is 0.183. The summed E-state index contributed by atoms with van der Waals surface area (Å²) in [5.74, 6) is 0. The van der Waals surface area contributed by atoms with Crippen LogP contribution in [-0.4, -0.2) is 0 Å². The molecule has 1 heterocycles. The number of hydrogen-bond donors (Lipinski definition) is 0. The maximum Gasteiger partial charge on any atom is 0.135 e. The van der Waals surface area contributed by atoms with Crippen LogP contribution in [0.25, 0.3) is 88.0 Å². The van der Waals surface area contributed by atoms with E-state index in [9.17, 15) is 13.7 Å². The Morgan fingerprint density at radius 1 is 0.311 bits per heavy atom. The molecule has 0 radical (unpaired) electrons. The number of furan rings is 1. The highest BCUT2D eigenvalue weighted by Gasteiger charge is 2.18. The Bertz CT molecular complexity index is 3980. The van der Waals surface area contributed by atoms with Crippen molar-refractivity contribution in [2.45, 2.75) is 0 Å². The van der Waals surface area contributed by atoms with Gasteiger partial charge in [0.2, 0.25) is 0 Å². The van der Waals surface area contributed by atoms with E-state index >= 15 is 0 Å². The van der Waals surface area contributed by atoms with Gasteiger partial charge in [-0.15, -0.1) is 0 Å². The number of hydrogen-bond acceptors (Lipinski definition) is 1. The van der Waals surface area contributed by atoms with Crippen molar-refractivity contribution in [1.82, 2.24) is 0 Å². The molecule has 0 unspecified atom stereocenters. The molecule has 0 saturated heterocycles. The lowest BCUT2D eigenvalue weighted by molar-refractivity contribution is 0.669. The molecule has 0 N–H and O–H groups in total. The van der Waals surface area contributed by atoms with E-state index < -0.39 is 257 Å². The fourth-order valence-corrected chi connectivity index (χ4v) is 5.18. The van der Waals surface area contributed by atoms with E-state index in [0.717, 1.165) is 0 Å². The second kappa shape index (κ2) is 10.4. The molecule has 1 aromatic heterocycles. The lowest BCUT2D eigenvalue weighted by Gasteiger charge is -2.18. The minimum atomic E-state index is -1.15. The topological polar surface area (TPSA) is 13.1 Å². The van der Waals surface area contributed by atoms with Crippen molar-refractivity contribution in [2.24, 2.45) is 0 Å². The van der Waals surface area contributed by atoms with Crippen LogP contribution in [0, 0.1) is 0 Å². The van der Waals surface area contributed by atoms with Crippen molar-refractivity contribution in [3.05, 3.63) is 169 Å². The zero-order valence-corrected chi connectivity index (χ0v) is 22.4. The van der Waals surface area contributed by atoms with Crippen LogP contribution in [0.2, 0.25) is 0 Å². The summed E-state index contributed by atoms with van der Waals surface area (Å²) in [7, 11) is 0. The molecule has 210 valence electrons. The maximum absolute atomic E-state index is 9.63. The lowest BCUT2D eigenvalue weighted by Crippen LogP contribution is -1.91. The van der Waals surface area contributed by atoms with Crippen LogP contribution in [-0.2, 0) is 0 Å². The van der Waals surface area contributed by atoms with E-state index in [4.69, 9.17) is 29.1 Å². The first-order chi connectivity index (χ1) is 34.0. The first-order valence-electron chi connectivity index (χ1n) is 27.2. The minimum Gasteiger partial charge on any atom is -0.456 e. The molecule has 0 atom stereocenters. The smallest absolute Gasteiger partial charge is 0.135 e. The molecular weight excluding hydrogens is 544 g/mol. The van der Waals surface area contributed by atoms with Crippen molar-refractivity contribution in [2.75, 3.05) is 0 Å². The van der Waals surface area contributed by atoms with E-state index in [0.29, 0.717) is 0 Å². The van der Waals surface area contributed by atoms with E-state index in [1.807, 2.05) is 0 Å². The summed E-state index contributed by atoms with van der Waals surface area (Å²) < 4.78 is 255. The first kappa shape index (κ1) is 10.1. The van der Waals surface area contributed by atoms with Crippen LogP contribution in [0.15, 0.2) is 174 Å². The third-order valence-corrected chi connectivity index (χ3v) is 7.07. The van der Waals surface area contributed by atoms with Gasteiger partial charge in [-0.2, -0.15) is 0 Å². The molecule has 0 saturated carbocycles. The van der Waals surface area contributed by atoms with Crippen molar-refractivity contribution in [1.29, 1.82) is 0 Å². The molecule has 0 aliphatic carbocycles. The lowest BCUT2D eigenvalue weighted by atomic mass is 9.85. The van der Waals surface area contributed by atoms with E-state index in [2.05, 4.69) is 0 Å². The van der Waals surface area contributed by atoms with Gasteiger partial charge in [0.15, 0.2) is 0 Å². The third kappa shape index (κ3) is 4.17. The van der Waals surface area contributed by atoms with Gasteiger partial charge in [0.1, 0.15) is 11.2 Å². The van der Waals surface area contributed by atoms with Gasteiger partial charge in [0.25, 0.3) is 0 Å². The molecule has 9 rings (SSSR count). The van der Waals surface area contributed by atoms with Crippen molar-refractivity contribution >= 4 is 43.5 Å². The summed E-state index contributed by atoms with van der Waals surface area (Å²) in [5.41, 5.74) is -7.63. The van der Waals surface area contributed by atoms with Gasteiger partial charge < -0.3 is 4.42 Å². The highest BCUT2D eigenvalue weighted by molar-refractivity contribution is 6.22. The summed E-state index contributed by atoms with van der Waals surface area (Å²) in [6, 6.07) is -27.0. The number of fused-ring (bicyclic) bond motifs is 5. The van der Waals surface area contributed by atoms with E-state index in [1.54, 1.807) is 0 Å². The Balaban J connectivity index is 1.54. The Hall–Kier alpha value is -5.92. The van der Waals surface area contributed by atoms with Gasteiger partial charge in [-0.05, 0) is 84.2 Å². The SMILES string of the molecule is [2H]c1c([2H])c([2H])c(-c2c([2H])c([2H])c([2H])c([2H])c2-c2c([2H])c([2H])c(-c3c4c([2H])c([2H])c([2H])c([2H])c4c(-c4c([2H])c([2H])c5oc6c([2H])c([2H])c([2H])c([2H])c6c5c4[2H])c4c([2H])c([2H])c([2H])c([2H])c34)c([2H])c2[2H])c([2H])c1[2H]. The number of benzene rings is 8. The zero-order valence-electron chi connectivity index (χ0n) is 50.4. The molecule has 0 amide bonds. The van der Waals surface area contributed by atoms with E-state index in [1.165, 1.54) is 0 Å². The van der Waals surface area contributed by atoms with Gasteiger partial charge in [-0.3, -0.25) is 0 Å². The molecule has 9 aromatic rings. The number of rotatable bonds is 4. The third-order valence-electron chi connectivity index (χ3n) is 7.07. The zero-order chi connectivity index (χ0) is 54.1. The van der Waals surface area contributed by atoms with Crippen LogP contribution in [0.4, 0.5) is 0 Å². The monoisotopic (exact) mass is 600 g/mol. The van der Waals surface area contributed by atoms with Gasteiger partial charge in [-0.25, -0.2) is 0 Å². The molecule has 1 heteroatoms.